The Labute approximate surface area is 171 Å². The number of halogens is 1. The molecule has 5 nitrogen and oxygen atoms in total. The minimum Gasteiger partial charge on any atom is -0.354 e. The molecule has 0 aliphatic rings. The van der Waals surface area contributed by atoms with E-state index in [9.17, 15) is 0 Å². The zero-order valence-corrected chi connectivity index (χ0v) is 18.5. The summed E-state index contributed by atoms with van der Waals surface area (Å²) in [5.74, 6) is 1.33. The molecule has 0 aliphatic heterocycles. The molecular formula is C21H40ClN5. The number of aromatic nitrogens is 3. The van der Waals surface area contributed by atoms with Crippen molar-refractivity contribution in [3.8, 4) is 0 Å². The summed E-state index contributed by atoms with van der Waals surface area (Å²) in [7, 11) is 0. The summed E-state index contributed by atoms with van der Waals surface area (Å²) in [5.41, 5.74) is 0. The van der Waals surface area contributed by atoms with Crippen LogP contribution in [0.25, 0.3) is 0 Å². The highest BCUT2D eigenvalue weighted by Gasteiger charge is 2.13. The third-order valence-corrected chi connectivity index (χ3v) is 4.92. The van der Waals surface area contributed by atoms with Crippen LogP contribution in [-0.2, 0) is 0 Å². The Morgan fingerprint density at radius 2 is 1.26 bits per heavy atom. The minimum atomic E-state index is 0.281. The lowest BCUT2D eigenvalue weighted by molar-refractivity contribution is 0.600. The molecule has 1 aromatic heterocycles. The number of nitrogens with zero attached hydrogens (tertiary/aromatic N) is 4. The molecule has 6 heteroatoms. The Balaban J connectivity index is 2.66. The van der Waals surface area contributed by atoms with Gasteiger partial charge in [0.05, 0.1) is 0 Å². The van der Waals surface area contributed by atoms with Gasteiger partial charge in [0.15, 0.2) is 0 Å². The molecule has 0 radical (unpaired) electrons. The van der Waals surface area contributed by atoms with Crippen LogP contribution < -0.4 is 10.2 Å². The molecule has 1 rings (SSSR count). The first-order chi connectivity index (χ1) is 13.2. The maximum absolute atomic E-state index is 6.20. The normalized spacial score (nSPS) is 11.0. The zero-order chi connectivity index (χ0) is 19.7. The molecule has 0 atom stereocenters. The highest BCUT2D eigenvalue weighted by molar-refractivity contribution is 6.28. The molecule has 0 saturated carbocycles. The lowest BCUT2D eigenvalue weighted by Gasteiger charge is -2.23. The van der Waals surface area contributed by atoms with Crippen molar-refractivity contribution in [3.05, 3.63) is 5.28 Å². The second kappa shape index (κ2) is 15.9. The van der Waals surface area contributed by atoms with E-state index in [-0.39, 0.29) is 5.28 Å². The number of nitrogens with one attached hydrogen (secondary N) is 1. The number of rotatable bonds is 17. The average Bonchev–Trinajstić information content (AvgIpc) is 2.66. The van der Waals surface area contributed by atoms with E-state index >= 15 is 0 Å². The van der Waals surface area contributed by atoms with Gasteiger partial charge in [-0.1, -0.05) is 78.6 Å². The van der Waals surface area contributed by atoms with Crippen LogP contribution in [0.2, 0.25) is 5.28 Å². The van der Waals surface area contributed by atoms with Crippen LogP contribution in [-0.4, -0.2) is 34.6 Å². The van der Waals surface area contributed by atoms with E-state index in [4.69, 9.17) is 11.6 Å². The van der Waals surface area contributed by atoms with Crippen molar-refractivity contribution in [1.82, 2.24) is 15.0 Å². The van der Waals surface area contributed by atoms with E-state index < -0.39 is 0 Å². The van der Waals surface area contributed by atoms with Gasteiger partial charge in [-0.15, -0.1) is 0 Å². The first-order valence-electron chi connectivity index (χ1n) is 11.1. The molecule has 1 heterocycles. The SMILES string of the molecule is CCCCCCNc1nc(Cl)nc(N(CCCCCC)CCCCCC)n1. The molecule has 0 saturated heterocycles. The second-order valence-electron chi connectivity index (χ2n) is 7.32. The van der Waals surface area contributed by atoms with Crippen LogP contribution in [0.1, 0.15) is 97.8 Å². The molecular weight excluding hydrogens is 358 g/mol. The van der Waals surface area contributed by atoms with E-state index in [0.29, 0.717) is 5.95 Å². The molecule has 1 aromatic rings. The molecule has 0 amide bonds. The Bertz CT molecular complexity index is 472. The Kier molecular flexibility index (Phi) is 14.1. The summed E-state index contributed by atoms with van der Waals surface area (Å²) >= 11 is 6.20. The van der Waals surface area contributed by atoms with Crippen LogP contribution in [0.4, 0.5) is 11.9 Å². The van der Waals surface area contributed by atoms with Gasteiger partial charge in [-0.3, -0.25) is 0 Å². The summed E-state index contributed by atoms with van der Waals surface area (Å²) in [6.45, 7) is 9.57. The van der Waals surface area contributed by atoms with Crippen molar-refractivity contribution >= 4 is 23.5 Å². The lowest BCUT2D eigenvalue weighted by Crippen LogP contribution is -2.28. The largest absolute Gasteiger partial charge is 0.354 e. The molecule has 0 aromatic carbocycles. The summed E-state index contributed by atoms with van der Waals surface area (Å²) in [6.07, 6.45) is 14.8. The van der Waals surface area contributed by atoms with Crippen LogP contribution >= 0.6 is 11.6 Å². The maximum atomic E-state index is 6.20. The predicted molar refractivity (Wildman–Crippen MR) is 118 cm³/mol. The zero-order valence-electron chi connectivity index (χ0n) is 17.8. The third kappa shape index (κ3) is 11.4. The van der Waals surface area contributed by atoms with Gasteiger partial charge in [0, 0.05) is 19.6 Å². The fourth-order valence-corrected chi connectivity index (χ4v) is 3.24. The fourth-order valence-electron chi connectivity index (χ4n) is 3.08. The van der Waals surface area contributed by atoms with Crippen LogP contribution in [0.5, 0.6) is 0 Å². The number of anilines is 2. The lowest BCUT2D eigenvalue weighted by atomic mass is 10.2. The standard InChI is InChI=1S/C21H40ClN5/c1-4-7-10-13-16-23-20-24-19(22)25-21(26-20)27(17-14-11-8-5-2)18-15-12-9-6-3/h4-18H2,1-3H3,(H,23,24,25,26). The van der Waals surface area contributed by atoms with Gasteiger partial charge in [-0.25, -0.2) is 0 Å². The summed E-state index contributed by atoms with van der Waals surface area (Å²) in [5, 5.41) is 3.60. The van der Waals surface area contributed by atoms with E-state index in [1.165, 1.54) is 70.6 Å². The molecule has 0 aliphatic carbocycles. The monoisotopic (exact) mass is 397 g/mol. The maximum Gasteiger partial charge on any atom is 0.231 e. The van der Waals surface area contributed by atoms with Crippen molar-refractivity contribution in [2.45, 2.75) is 97.8 Å². The van der Waals surface area contributed by atoms with Gasteiger partial charge in [0.1, 0.15) is 0 Å². The highest BCUT2D eigenvalue weighted by Crippen LogP contribution is 2.16. The fraction of sp³-hybridized carbons (Fsp3) is 0.857. The topological polar surface area (TPSA) is 53.9 Å². The third-order valence-electron chi connectivity index (χ3n) is 4.76. The van der Waals surface area contributed by atoms with Gasteiger partial charge in [-0.05, 0) is 30.9 Å². The van der Waals surface area contributed by atoms with Crippen molar-refractivity contribution in [2.24, 2.45) is 0 Å². The molecule has 0 fully saturated rings. The van der Waals surface area contributed by atoms with Crippen LogP contribution in [0.3, 0.4) is 0 Å². The molecule has 0 unspecified atom stereocenters. The van der Waals surface area contributed by atoms with Crippen molar-refractivity contribution in [2.75, 3.05) is 29.9 Å². The average molecular weight is 398 g/mol. The predicted octanol–water partition coefficient (Wildman–Crippen LogP) is 6.48. The van der Waals surface area contributed by atoms with Crippen LogP contribution in [0, 0.1) is 0 Å². The van der Waals surface area contributed by atoms with Gasteiger partial charge >= 0.3 is 0 Å². The van der Waals surface area contributed by atoms with E-state index in [2.05, 4.69) is 45.9 Å². The Hall–Kier alpha value is -1.10. The van der Waals surface area contributed by atoms with Gasteiger partial charge < -0.3 is 10.2 Å². The number of hydrogen-bond donors (Lipinski definition) is 1. The quantitative estimate of drug-likeness (QED) is 0.304. The Morgan fingerprint density at radius 1 is 0.704 bits per heavy atom. The highest BCUT2D eigenvalue weighted by atomic mass is 35.5. The molecule has 27 heavy (non-hydrogen) atoms. The van der Waals surface area contributed by atoms with Gasteiger partial charge in [0.2, 0.25) is 17.2 Å². The van der Waals surface area contributed by atoms with Crippen molar-refractivity contribution < 1.29 is 0 Å². The minimum absolute atomic E-state index is 0.281. The summed E-state index contributed by atoms with van der Waals surface area (Å²) in [4.78, 5) is 15.6. The summed E-state index contributed by atoms with van der Waals surface area (Å²) < 4.78 is 0. The van der Waals surface area contributed by atoms with E-state index in [1.807, 2.05) is 0 Å². The molecule has 156 valence electrons. The van der Waals surface area contributed by atoms with E-state index in [0.717, 1.165) is 32.0 Å². The van der Waals surface area contributed by atoms with Crippen molar-refractivity contribution in [1.29, 1.82) is 0 Å². The first kappa shape index (κ1) is 23.9. The van der Waals surface area contributed by atoms with E-state index in [1.54, 1.807) is 0 Å². The Morgan fingerprint density at radius 3 is 1.81 bits per heavy atom. The van der Waals surface area contributed by atoms with Crippen LogP contribution in [0.15, 0.2) is 0 Å². The van der Waals surface area contributed by atoms with Gasteiger partial charge in [-0.2, -0.15) is 15.0 Å². The first-order valence-corrected chi connectivity index (χ1v) is 11.5. The van der Waals surface area contributed by atoms with Crippen molar-refractivity contribution in [3.63, 3.8) is 0 Å². The van der Waals surface area contributed by atoms with Gasteiger partial charge in [0.25, 0.3) is 0 Å². The summed E-state index contributed by atoms with van der Waals surface area (Å²) in [6, 6.07) is 0. The molecule has 1 N–H and O–H groups in total. The number of unbranched alkanes of at least 4 members (excludes halogenated alkanes) is 9. The number of hydrogen-bond acceptors (Lipinski definition) is 5. The second-order valence-corrected chi connectivity index (χ2v) is 7.66. The smallest absolute Gasteiger partial charge is 0.231 e. The molecule has 0 spiro atoms. The molecule has 0 bridgehead atoms.